The molecule has 194 valence electrons. The summed E-state index contributed by atoms with van der Waals surface area (Å²) in [6.45, 7) is 6.19. The largest absolute Gasteiger partial charge is 0.340 e. The molecule has 8 nitrogen and oxygen atoms in total. The SMILES string of the molecule is CC(C)Cn1c(=O)n(C)c(=O)c2c(Nc3ccccc3)n(Cc3ccc(C4CCCCN4[11CH3])cc3)nc21. The topological polar surface area (TPSA) is 77.1 Å². The van der Waals surface area contributed by atoms with Gasteiger partial charge in [0.05, 0.1) is 6.54 Å². The molecule has 0 bridgehead atoms. The van der Waals surface area contributed by atoms with Gasteiger partial charge in [-0.1, -0.05) is 62.7 Å². The van der Waals surface area contributed by atoms with Gasteiger partial charge in [0, 0.05) is 25.3 Å². The number of nitrogens with one attached hydrogen (secondary N) is 1. The van der Waals surface area contributed by atoms with Crippen LogP contribution in [-0.4, -0.2) is 37.4 Å². The van der Waals surface area contributed by atoms with Crippen molar-refractivity contribution in [3.05, 3.63) is 86.6 Å². The first kappa shape index (κ1) is 25.0. The third kappa shape index (κ3) is 4.98. The Morgan fingerprint density at radius 3 is 2.41 bits per heavy atom. The summed E-state index contributed by atoms with van der Waals surface area (Å²) in [4.78, 5) is 28.8. The zero-order chi connectivity index (χ0) is 26.1. The highest BCUT2D eigenvalue weighted by atomic mass is 16.2. The molecule has 8 heteroatoms. The van der Waals surface area contributed by atoms with Crippen molar-refractivity contribution < 1.29 is 0 Å². The molecule has 1 aliphatic heterocycles. The van der Waals surface area contributed by atoms with E-state index < -0.39 is 0 Å². The summed E-state index contributed by atoms with van der Waals surface area (Å²) in [5.41, 5.74) is 2.99. The van der Waals surface area contributed by atoms with E-state index in [1.807, 2.05) is 35.0 Å². The normalized spacial score (nSPS) is 16.5. The maximum absolute atomic E-state index is 13.4. The summed E-state index contributed by atoms with van der Waals surface area (Å²) in [5.74, 6) is 0.815. The number of hydrogen-bond donors (Lipinski definition) is 1. The highest BCUT2D eigenvalue weighted by Gasteiger charge is 2.23. The molecule has 0 radical (unpaired) electrons. The van der Waals surface area contributed by atoms with Gasteiger partial charge in [0.1, 0.15) is 11.2 Å². The van der Waals surface area contributed by atoms with Gasteiger partial charge in [-0.25, -0.2) is 9.48 Å². The van der Waals surface area contributed by atoms with Gasteiger partial charge in [0.15, 0.2) is 5.65 Å². The standard InChI is InChI=1S/C29H36N6O2/c1-20(2)18-34-27-25(28(36)33(4)29(34)37)26(30-23-10-6-5-7-11-23)35(31-27)19-21-13-15-22(16-14-21)24-12-8-9-17-32(24)3/h5-7,10-11,13-16,20,24,30H,8-9,12,17-19H2,1-4H3/i3-1. The molecule has 2 aromatic heterocycles. The number of rotatable bonds is 7. The van der Waals surface area contributed by atoms with Gasteiger partial charge in [0.2, 0.25) is 0 Å². The Hall–Kier alpha value is -3.65. The molecule has 1 atom stereocenters. The van der Waals surface area contributed by atoms with Crippen LogP contribution in [0.3, 0.4) is 0 Å². The maximum Gasteiger partial charge on any atom is 0.332 e. The summed E-state index contributed by atoms with van der Waals surface area (Å²) < 4.78 is 4.62. The second kappa shape index (κ2) is 10.4. The number of benzene rings is 2. The van der Waals surface area contributed by atoms with Gasteiger partial charge in [-0.3, -0.25) is 18.8 Å². The molecule has 0 aliphatic carbocycles. The molecule has 5 rings (SSSR count). The molecule has 37 heavy (non-hydrogen) atoms. The Morgan fingerprint density at radius 1 is 1.00 bits per heavy atom. The summed E-state index contributed by atoms with van der Waals surface area (Å²) in [6.07, 6.45) is 3.71. The summed E-state index contributed by atoms with van der Waals surface area (Å²) in [7, 11) is 3.73. The highest BCUT2D eigenvalue weighted by Crippen LogP contribution is 2.30. The summed E-state index contributed by atoms with van der Waals surface area (Å²) >= 11 is 0. The quantitative estimate of drug-likeness (QED) is 0.405. The average Bonchev–Trinajstić information content (AvgIpc) is 3.24. The van der Waals surface area contributed by atoms with Crippen molar-refractivity contribution in [2.45, 2.75) is 52.2 Å². The molecule has 2 aromatic carbocycles. The van der Waals surface area contributed by atoms with E-state index in [2.05, 4.69) is 55.4 Å². The van der Waals surface area contributed by atoms with Crippen LogP contribution in [0.4, 0.5) is 11.5 Å². The van der Waals surface area contributed by atoms with Crippen molar-refractivity contribution in [2.75, 3.05) is 18.9 Å². The van der Waals surface area contributed by atoms with E-state index in [9.17, 15) is 9.59 Å². The summed E-state index contributed by atoms with van der Waals surface area (Å²) in [5, 5.41) is 8.68. The number of nitrogens with zero attached hydrogens (tertiary/aromatic N) is 5. The first-order valence-electron chi connectivity index (χ1n) is 13.1. The molecule has 0 spiro atoms. The Labute approximate surface area is 217 Å². The fourth-order valence-electron chi connectivity index (χ4n) is 5.31. The lowest BCUT2D eigenvalue weighted by atomic mass is 9.93. The first-order chi connectivity index (χ1) is 17.8. The number of hydrogen-bond acceptors (Lipinski definition) is 5. The Kier molecular flexibility index (Phi) is 7.02. The van der Waals surface area contributed by atoms with Crippen LogP contribution in [0.2, 0.25) is 0 Å². The molecule has 1 saturated heterocycles. The minimum absolute atomic E-state index is 0.222. The lowest BCUT2D eigenvalue weighted by Crippen LogP contribution is -2.38. The van der Waals surface area contributed by atoms with Gasteiger partial charge < -0.3 is 5.32 Å². The third-order valence-electron chi connectivity index (χ3n) is 7.28. The predicted molar refractivity (Wildman–Crippen MR) is 149 cm³/mol. The Balaban J connectivity index is 1.59. The van der Waals surface area contributed by atoms with Crippen LogP contribution >= 0.6 is 0 Å². The molecule has 1 unspecified atom stereocenters. The molecule has 0 amide bonds. The van der Waals surface area contributed by atoms with Gasteiger partial charge >= 0.3 is 5.69 Å². The van der Waals surface area contributed by atoms with Crippen molar-refractivity contribution in [3.8, 4) is 0 Å². The van der Waals surface area contributed by atoms with Gasteiger partial charge in [0.25, 0.3) is 5.56 Å². The minimum atomic E-state index is -0.347. The number of aromatic nitrogens is 4. The monoisotopic (exact) mass is 499 g/mol. The van der Waals surface area contributed by atoms with E-state index >= 15 is 0 Å². The van der Waals surface area contributed by atoms with E-state index in [1.54, 1.807) is 4.57 Å². The summed E-state index contributed by atoms with van der Waals surface area (Å²) in [6, 6.07) is 18.9. The van der Waals surface area contributed by atoms with Crippen LogP contribution < -0.4 is 16.6 Å². The maximum atomic E-state index is 13.4. The predicted octanol–water partition coefficient (Wildman–Crippen LogP) is 4.50. The van der Waals surface area contributed by atoms with Crippen LogP contribution in [0.1, 0.15) is 50.3 Å². The minimum Gasteiger partial charge on any atom is -0.340 e. The average molecular weight is 500 g/mol. The van der Waals surface area contributed by atoms with E-state index in [-0.39, 0.29) is 17.2 Å². The molecular formula is C29H36N6O2. The first-order valence-corrected chi connectivity index (χ1v) is 13.1. The van der Waals surface area contributed by atoms with Gasteiger partial charge in [-0.15, -0.1) is 0 Å². The number of para-hydroxylation sites is 1. The van der Waals surface area contributed by atoms with Crippen LogP contribution in [0, 0.1) is 5.92 Å². The van der Waals surface area contributed by atoms with Crippen LogP contribution in [0.15, 0.2) is 64.2 Å². The molecule has 1 fully saturated rings. The van der Waals surface area contributed by atoms with Crippen molar-refractivity contribution in [1.29, 1.82) is 0 Å². The number of piperidine rings is 1. The zero-order valence-electron chi connectivity index (χ0n) is 22.1. The smallest absolute Gasteiger partial charge is 0.332 e. The molecule has 0 saturated carbocycles. The van der Waals surface area contributed by atoms with Gasteiger partial charge in [-0.2, -0.15) is 5.10 Å². The number of fused-ring (bicyclic) bond motifs is 1. The molecule has 1 N–H and O–H groups in total. The molecular weight excluding hydrogens is 463 g/mol. The van der Waals surface area contributed by atoms with Crippen LogP contribution in [0.25, 0.3) is 11.0 Å². The van der Waals surface area contributed by atoms with Crippen molar-refractivity contribution in [3.63, 3.8) is 0 Å². The number of anilines is 2. The van der Waals surface area contributed by atoms with Crippen molar-refractivity contribution in [2.24, 2.45) is 13.0 Å². The fraction of sp³-hybridized carbons (Fsp3) is 0.414. The van der Waals surface area contributed by atoms with Crippen molar-refractivity contribution >= 4 is 22.5 Å². The van der Waals surface area contributed by atoms with Crippen LogP contribution in [0.5, 0.6) is 0 Å². The van der Waals surface area contributed by atoms with Crippen molar-refractivity contribution in [1.82, 2.24) is 23.8 Å². The van der Waals surface area contributed by atoms with E-state index in [0.29, 0.717) is 36.0 Å². The molecule has 4 aromatic rings. The number of likely N-dealkylation sites (tertiary alicyclic amines) is 1. The third-order valence-corrected chi connectivity index (χ3v) is 7.28. The van der Waals surface area contributed by atoms with Gasteiger partial charge in [-0.05, 0) is 55.6 Å². The second-order valence-electron chi connectivity index (χ2n) is 10.6. The highest BCUT2D eigenvalue weighted by molar-refractivity contribution is 5.89. The van der Waals surface area contributed by atoms with Crippen LogP contribution in [-0.2, 0) is 20.1 Å². The van der Waals surface area contributed by atoms with E-state index in [0.717, 1.165) is 17.8 Å². The second-order valence-corrected chi connectivity index (χ2v) is 10.6. The Bertz CT molecular complexity index is 1500. The van der Waals surface area contributed by atoms with E-state index in [1.165, 1.54) is 36.4 Å². The molecule has 1 aliphatic rings. The van der Waals surface area contributed by atoms with E-state index in [4.69, 9.17) is 5.10 Å². The fourth-order valence-corrected chi connectivity index (χ4v) is 5.31. The molecule has 3 heterocycles. The lowest BCUT2D eigenvalue weighted by molar-refractivity contribution is 0.187. The zero-order valence-corrected chi connectivity index (χ0v) is 22.1. The Morgan fingerprint density at radius 2 is 1.73 bits per heavy atom. The lowest BCUT2D eigenvalue weighted by Gasteiger charge is -2.32.